The van der Waals surface area contributed by atoms with Crippen LogP contribution in [0.1, 0.15) is 11.4 Å². The Kier molecular flexibility index (Phi) is 8.88. The molecular formula is C17H16N7NaO5S4. The predicted octanol–water partition coefficient (Wildman–Crippen LogP) is -3.72. The maximum Gasteiger partial charge on any atom is 1.00 e. The van der Waals surface area contributed by atoms with Crippen molar-refractivity contribution in [2.75, 3.05) is 23.0 Å². The molecule has 0 saturated carbocycles. The van der Waals surface area contributed by atoms with Gasteiger partial charge in [-0.05, 0) is 6.42 Å². The standard InChI is InChI=1S/C17H17N7O5S4.Na/c18-16-20-6(3-32-16)1-2-30-8-5-31-14-10(13(26)24(14)11(8)15(27)28)22-12(25)9(23-29)7-4-33-17(19)21-7;/h3-4,10,14,29H,1-2,5H2,(H2,18,20)(H2,19,21)(H,22,25)(H,27,28);/q;+1/p-1/b23-9-;/t10-,14-;/m1./s1. The molecular weight excluding hydrogens is 533 g/mol. The molecule has 6 N–H and O–H groups in total. The molecule has 2 aromatic rings. The van der Waals surface area contributed by atoms with Gasteiger partial charge in [0.1, 0.15) is 17.1 Å². The van der Waals surface area contributed by atoms with Crippen LogP contribution in [0.25, 0.3) is 0 Å². The fraction of sp³-hybridized carbons (Fsp3) is 0.294. The van der Waals surface area contributed by atoms with Crippen molar-refractivity contribution in [1.82, 2.24) is 20.2 Å². The Morgan fingerprint density at radius 2 is 2.00 bits per heavy atom. The first-order valence-corrected chi connectivity index (χ1v) is 13.1. The zero-order chi connectivity index (χ0) is 23.7. The van der Waals surface area contributed by atoms with Crippen LogP contribution < -0.4 is 51.4 Å². The number of carboxylic acid groups (broad SMARTS) is 1. The van der Waals surface area contributed by atoms with Crippen LogP contribution in [-0.4, -0.2) is 66.5 Å². The maximum atomic E-state index is 12.7. The van der Waals surface area contributed by atoms with Crippen molar-refractivity contribution in [3.8, 4) is 0 Å². The second-order valence-electron chi connectivity index (χ2n) is 6.72. The molecule has 0 bridgehead atoms. The molecule has 4 heterocycles. The molecule has 1 saturated heterocycles. The third-order valence-corrected chi connectivity index (χ3v) is 8.65. The Balaban J connectivity index is 0.00000324. The molecule has 2 aliphatic rings. The SMILES string of the molecule is Nc1nc(CCSC2=C(C(=O)[O-])N3C(=O)[C@@H](NC(=O)/C(=N\O)c4csc(N)n4)[C@H]3SC2)cs1.[Na+]. The normalized spacial score (nSPS) is 19.8. The van der Waals surface area contributed by atoms with E-state index in [2.05, 4.69) is 20.4 Å². The van der Waals surface area contributed by atoms with Gasteiger partial charge in [0.15, 0.2) is 16.0 Å². The van der Waals surface area contributed by atoms with Crippen LogP contribution >= 0.6 is 46.2 Å². The number of carbonyl (C=O) groups excluding carboxylic acids is 3. The van der Waals surface area contributed by atoms with Crippen LogP contribution in [0.2, 0.25) is 0 Å². The number of amides is 2. The first-order chi connectivity index (χ1) is 15.8. The molecule has 2 amide bonds. The van der Waals surface area contributed by atoms with Crippen molar-refractivity contribution in [2.45, 2.75) is 17.8 Å². The van der Waals surface area contributed by atoms with Crippen molar-refractivity contribution in [1.29, 1.82) is 0 Å². The molecule has 0 aliphatic carbocycles. The Bertz CT molecular complexity index is 1180. The van der Waals surface area contributed by atoms with Crippen LogP contribution in [-0.2, 0) is 20.8 Å². The molecule has 4 rings (SSSR count). The summed E-state index contributed by atoms with van der Waals surface area (Å²) in [5.74, 6) is -2.01. The van der Waals surface area contributed by atoms with Gasteiger partial charge in [-0.2, -0.15) is 0 Å². The van der Waals surface area contributed by atoms with E-state index in [9.17, 15) is 24.7 Å². The molecule has 34 heavy (non-hydrogen) atoms. The largest absolute Gasteiger partial charge is 1.00 e. The van der Waals surface area contributed by atoms with Gasteiger partial charge in [0.25, 0.3) is 11.8 Å². The number of aliphatic carboxylic acids is 1. The van der Waals surface area contributed by atoms with Gasteiger partial charge in [-0.25, -0.2) is 9.97 Å². The molecule has 12 nitrogen and oxygen atoms in total. The van der Waals surface area contributed by atoms with Gasteiger partial charge in [0.05, 0.1) is 17.4 Å². The van der Waals surface area contributed by atoms with Gasteiger partial charge < -0.3 is 31.9 Å². The fourth-order valence-electron chi connectivity index (χ4n) is 3.23. The molecule has 2 aromatic heterocycles. The number of carbonyl (C=O) groups is 3. The number of aromatic nitrogens is 2. The monoisotopic (exact) mass is 549 g/mol. The smallest absolute Gasteiger partial charge is 0.543 e. The number of thioether (sulfide) groups is 2. The second kappa shape index (κ2) is 11.3. The summed E-state index contributed by atoms with van der Waals surface area (Å²) in [5, 5.41) is 29.8. The summed E-state index contributed by atoms with van der Waals surface area (Å²) in [5.41, 5.74) is 11.4. The number of anilines is 2. The maximum absolute atomic E-state index is 12.7. The average Bonchev–Trinajstić information content (AvgIpc) is 3.39. The van der Waals surface area contributed by atoms with E-state index in [1.165, 1.54) is 40.2 Å². The van der Waals surface area contributed by atoms with Crippen molar-refractivity contribution in [3.05, 3.63) is 32.8 Å². The van der Waals surface area contributed by atoms with E-state index in [4.69, 9.17) is 11.5 Å². The van der Waals surface area contributed by atoms with Gasteiger partial charge in [-0.1, -0.05) is 5.16 Å². The molecule has 0 spiro atoms. The number of rotatable bonds is 8. The van der Waals surface area contributed by atoms with E-state index in [0.29, 0.717) is 28.0 Å². The third-order valence-electron chi connectivity index (χ3n) is 4.70. The molecule has 0 aromatic carbocycles. The van der Waals surface area contributed by atoms with Crippen molar-refractivity contribution >= 4 is 80.0 Å². The van der Waals surface area contributed by atoms with E-state index in [0.717, 1.165) is 21.9 Å². The molecule has 1 fully saturated rings. The molecule has 2 aliphatic heterocycles. The van der Waals surface area contributed by atoms with E-state index in [1.807, 2.05) is 5.38 Å². The summed E-state index contributed by atoms with van der Waals surface area (Å²) < 4.78 is 0. The van der Waals surface area contributed by atoms with Gasteiger partial charge in [-0.15, -0.1) is 46.2 Å². The number of nitrogen functional groups attached to an aromatic ring is 2. The van der Waals surface area contributed by atoms with E-state index >= 15 is 0 Å². The average molecular weight is 550 g/mol. The number of β-lactam (4-membered cyclic amide) rings is 1. The number of hydrogen-bond donors (Lipinski definition) is 4. The van der Waals surface area contributed by atoms with Gasteiger partial charge in [-0.3, -0.25) is 14.5 Å². The summed E-state index contributed by atoms with van der Waals surface area (Å²) >= 11 is 5.02. The van der Waals surface area contributed by atoms with Gasteiger partial charge >= 0.3 is 29.6 Å². The predicted molar refractivity (Wildman–Crippen MR) is 125 cm³/mol. The number of carboxylic acids is 1. The quantitative estimate of drug-likeness (QED) is 0.0830. The van der Waals surface area contributed by atoms with Crippen molar-refractivity contribution in [2.24, 2.45) is 5.16 Å². The molecule has 2 atom stereocenters. The summed E-state index contributed by atoms with van der Waals surface area (Å²) in [4.78, 5) is 46.8. The minimum absolute atomic E-state index is 0. The number of aryl methyl sites for hydroxylation is 1. The number of oxime groups is 1. The zero-order valence-corrected chi connectivity index (χ0v) is 22.9. The first-order valence-electron chi connectivity index (χ1n) is 9.26. The number of thiazole rings is 2. The van der Waals surface area contributed by atoms with Crippen LogP contribution in [0.15, 0.2) is 26.5 Å². The summed E-state index contributed by atoms with van der Waals surface area (Å²) in [6, 6.07) is -0.992. The van der Waals surface area contributed by atoms with Crippen LogP contribution in [0.5, 0.6) is 0 Å². The molecule has 0 unspecified atom stereocenters. The third kappa shape index (κ3) is 5.37. The van der Waals surface area contributed by atoms with Crippen LogP contribution in [0, 0.1) is 0 Å². The number of hydrogen-bond acceptors (Lipinski definition) is 14. The second-order valence-corrected chi connectivity index (χ2v) is 10.8. The van der Waals surface area contributed by atoms with Gasteiger partial charge in [0.2, 0.25) is 0 Å². The van der Waals surface area contributed by atoms with E-state index in [-0.39, 0.29) is 46.1 Å². The van der Waals surface area contributed by atoms with Crippen LogP contribution in [0.4, 0.5) is 10.3 Å². The zero-order valence-electron chi connectivity index (χ0n) is 17.6. The number of fused-ring (bicyclic) bond motifs is 1. The Labute approximate surface area is 231 Å². The van der Waals surface area contributed by atoms with Crippen molar-refractivity contribution < 1.29 is 54.3 Å². The topological polar surface area (TPSA) is 200 Å². The Morgan fingerprint density at radius 3 is 2.59 bits per heavy atom. The molecule has 0 radical (unpaired) electrons. The Hall–Kier alpha value is -1.82. The number of nitrogens with zero attached hydrogens (tertiary/aromatic N) is 4. The fourth-order valence-corrected chi connectivity index (χ4v) is 6.98. The van der Waals surface area contributed by atoms with Crippen LogP contribution in [0.3, 0.4) is 0 Å². The molecule has 174 valence electrons. The molecule has 17 heteroatoms. The summed E-state index contributed by atoms with van der Waals surface area (Å²) in [7, 11) is 0. The minimum Gasteiger partial charge on any atom is -0.543 e. The van der Waals surface area contributed by atoms with E-state index < -0.39 is 34.9 Å². The van der Waals surface area contributed by atoms with Crippen molar-refractivity contribution in [3.63, 3.8) is 0 Å². The first kappa shape index (κ1) is 26.8. The summed E-state index contributed by atoms with van der Waals surface area (Å²) in [6.07, 6.45) is 0.591. The van der Waals surface area contributed by atoms with Gasteiger partial charge in [0, 0.05) is 27.2 Å². The minimum atomic E-state index is -1.46. The van der Waals surface area contributed by atoms with E-state index in [1.54, 1.807) is 0 Å². The summed E-state index contributed by atoms with van der Waals surface area (Å²) in [6.45, 7) is 0. The number of nitrogens with one attached hydrogen (secondary N) is 1. The Morgan fingerprint density at radius 1 is 1.29 bits per heavy atom. The number of nitrogens with two attached hydrogens (primary N) is 2.